The molecule has 2 aromatic heterocycles. The molecule has 2 aromatic carbocycles. The molecule has 0 aliphatic carbocycles. The summed E-state index contributed by atoms with van der Waals surface area (Å²) >= 11 is 1.57. The van der Waals surface area contributed by atoms with Crippen molar-refractivity contribution in [3.63, 3.8) is 0 Å². The van der Waals surface area contributed by atoms with Crippen LogP contribution in [0.5, 0.6) is 23.0 Å². The number of thiophene rings is 1. The van der Waals surface area contributed by atoms with Crippen molar-refractivity contribution in [2.45, 2.75) is 18.7 Å². The van der Waals surface area contributed by atoms with Crippen molar-refractivity contribution in [1.29, 1.82) is 0 Å². The molecule has 0 saturated carbocycles. The van der Waals surface area contributed by atoms with Crippen LogP contribution in [0.2, 0.25) is 0 Å². The van der Waals surface area contributed by atoms with Gasteiger partial charge in [-0.25, -0.2) is 9.97 Å². The summed E-state index contributed by atoms with van der Waals surface area (Å²) in [5, 5.41) is 7.96. The molecule has 3 aliphatic heterocycles. The minimum Gasteiger partial charge on any atom is -0.493 e. The molecule has 2 amide bonds. The summed E-state index contributed by atoms with van der Waals surface area (Å²) < 4.78 is 24.2. The predicted molar refractivity (Wildman–Crippen MR) is 149 cm³/mol. The van der Waals surface area contributed by atoms with Gasteiger partial charge in [0.1, 0.15) is 18.2 Å². The lowest BCUT2D eigenvalue weighted by Gasteiger charge is -2.22. The molecule has 206 valence electrons. The normalized spacial score (nSPS) is 19.2. The molecular weight excluding hydrogens is 534 g/mol. The number of rotatable bonds is 3. The highest BCUT2D eigenvalue weighted by molar-refractivity contribution is 7.17. The number of anilines is 1. The van der Waals surface area contributed by atoms with Crippen LogP contribution in [-0.4, -0.2) is 67.8 Å². The number of carbonyl (C=O) groups excluding carboxylic acids is 2. The number of ether oxygens (including phenoxy) is 4. The molecule has 40 heavy (non-hydrogen) atoms. The average molecular weight is 562 g/mol. The zero-order valence-electron chi connectivity index (χ0n) is 21.9. The number of benzene rings is 2. The molecule has 2 N–H and O–H groups in total. The topological polar surface area (TPSA) is 124 Å². The summed E-state index contributed by atoms with van der Waals surface area (Å²) in [4.78, 5) is 37.0. The number of fused-ring (bicyclic) bond motifs is 8. The number of aromatic nitrogens is 2. The summed E-state index contributed by atoms with van der Waals surface area (Å²) in [5.74, 6) is 1.93. The highest BCUT2D eigenvalue weighted by Crippen LogP contribution is 2.34. The number of nitrogens with one attached hydrogen (secondary N) is 2. The molecule has 3 aliphatic rings. The van der Waals surface area contributed by atoms with Crippen molar-refractivity contribution in [2.75, 3.05) is 38.8 Å². The number of nitrogens with zero attached hydrogens (tertiary/aromatic N) is 3. The average Bonchev–Trinajstić information content (AvgIpc) is 3.62. The van der Waals surface area contributed by atoms with E-state index in [1.54, 1.807) is 43.0 Å². The van der Waals surface area contributed by atoms with Gasteiger partial charge in [-0.2, -0.15) is 0 Å². The number of amides is 2. The fraction of sp³-hybridized carbons (Fsp3) is 0.286. The molecule has 1 saturated heterocycles. The molecule has 12 heteroatoms. The summed E-state index contributed by atoms with van der Waals surface area (Å²) in [6, 6.07) is 11.9. The summed E-state index contributed by atoms with van der Waals surface area (Å²) in [6.07, 6.45) is 1.13. The number of hydrogen-bond donors (Lipinski definition) is 2. The standard InChI is InChI=1S/C28H27N5O6S/c1-36-20-6-4-17-10-23(20)38-14-25(34)29-11-16-3-5-21(22(9-16)37-2)39-24-13-33(12-19(24)32-28(17)35)27-26-18(7-8-40-26)30-15-31-27/h3-10,15,19,24H,11-14H2,1-2H3,(H,29,34)(H,32,35)/t19-,24-/m0/s1. The van der Waals surface area contributed by atoms with Crippen molar-refractivity contribution in [3.05, 3.63) is 65.3 Å². The van der Waals surface area contributed by atoms with E-state index in [1.165, 1.54) is 7.11 Å². The van der Waals surface area contributed by atoms with Gasteiger partial charge in [-0.05, 0) is 47.3 Å². The number of carbonyl (C=O) groups is 2. The third-order valence-corrected chi connectivity index (χ3v) is 7.79. The maximum atomic E-state index is 13.5. The SMILES string of the molecule is COc1ccc2cc1OCC(=O)NCc1ccc(c(OC)c1)O[C@H]1CN(c3ncnc4ccsc34)C[C@@H]1NC2=O. The molecule has 0 radical (unpaired) electrons. The van der Waals surface area contributed by atoms with Crippen LogP contribution in [0.25, 0.3) is 10.2 Å². The van der Waals surface area contributed by atoms with E-state index in [-0.39, 0.29) is 31.0 Å². The third kappa shape index (κ3) is 5.05. The van der Waals surface area contributed by atoms with Crippen LogP contribution in [0.1, 0.15) is 15.9 Å². The largest absolute Gasteiger partial charge is 0.493 e. The Hall–Kier alpha value is -4.58. The molecule has 0 spiro atoms. The van der Waals surface area contributed by atoms with Crippen LogP contribution in [0.15, 0.2) is 54.2 Å². The van der Waals surface area contributed by atoms with Crippen molar-refractivity contribution in [3.8, 4) is 23.0 Å². The Morgan fingerprint density at radius 2 is 1.88 bits per heavy atom. The van der Waals surface area contributed by atoms with Gasteiger partial charge in [0.25, 0.3) is 11.8 Å². The van der Waals surface area contributed by atoms with E-state index in [0.717, 1.165) is 21.6 Å². The van der Waals surface area contributed by atoms with Crippen molar-refractivity contribution in [1.82, 2.24) is 20.6 Å². The Morgan fingerprint density at radius 3 is 2.73 bits per heavy atom. The zero-order chi connectivity index (χ0) is 27.6. The van der Waals surface area contributed by atoms with Crippen LogP contribution < -0.4 is 34.5 Å². The minimum absolute atomic E-state index is 0.241. The maximum absolute atomic E-state index is 13.5. The van der Waals surface area contributed by atoms with Gasteiger partial charge in [-0.15, -0.1) is 11.3 Å². The van der Waals surface area contributed by atoms with Crippen LogP contribution in [0.3, 0.4) is 0 Å². The lowest BCUT2D eigenvalue weighted by molar-refractivity contribution is -0.123. The summed E-state index contributed by atoms with van der Waals surface area (Å²) in [5.41, 5.74) is 2.07. The Morgan fingerprint density at radius 1 is 1.00 bits per heavy atom. The van der Waals surface area contributed by atoms with E-state index in [1.807, 2.05) is 29.6 Å². The van der Waals surface area contributed by atoms with Gasteiger partial charge in [0.2, 0.25) is 0 Å². The molecule has 11 nitrogen and oxygen atoms in total. The fourth-order valence-electron chi connectivity index (χ4n) is 4.87. The van der Waals surface area contributed by atoms with Gasteiger partial charge in [-0.1, -0.05) is 6.07 Å². The first-order chi connectivity index (χ1) is 19.5. The number of methoxy groups -OCH3 is 2. The predicted octanol–water partition coefficient (Wildman–Crippen LogP) is 2.78. The first-order valence-electron chi connectivity index (χ1n) is 12.7. The van der Waals surface area contributed by atoms with E-state index in [4.69, 9.17) is 18.9 Å². The summed E-state index contributed by atoms with van der Waals surface area (Å²) in [6.45, 7) is 0.988. The Balaban J connectivity index is 1.37. The summed E-state index contributed by atoms with van der Waals surface area (Å²) in [7, 11) is 3.07. The quantitative estimate of drug-likeness (QED) is 0.389. The molecule has 4 aromatic rings. The fourth-order valence-corrected chi connectivity index (χ4v) is 5.73. The molecule has 5 heterocycles. The lowest BCUT2D eigenvalue weighted by Crippen LogP contribution is -2.45. The van der Waals surface area contributed by atoms with Crippen LogP contribution in [-0.2, 0) is 11.3 Å². The van der Waals surface area contributed by atoms with Crippen molar-refractivity contribution in [2.24, 2.45) is 0 Å². The molecule has 0 unspecified atom stereocenters. The molecule has 7 rings (SSSR count). The first-order valence-corrected chi connectivity index (χ1v) is 13.6. The third-order valence-electron chi connectivity index (χ3n) is 6.89. The van der Waals surface area contributed by atoms with E-state index >= 15 is 0 Å². The van der Waals surface area contributed by atoms with Crippen LogP contribution in [0.4, 0.5) is 5.82 Å². The van der Waals surface area contributed by atoms with Crippen molar-refractivity contribution >= 4 is 39.2 Å². The monoisotopic (exact) mass is 561 g/mol. The van der Waals surface area contributed by atoms with Gasteiger partial charge in [0.05, 0.1) is 37.0 Å². The highest BCUT2D eigenvalue weighted by atomic mass is 32.1. The van der Waals surface area contributed by atoms with Gasteiger partial charge in [0, 0.05) is 18.7 Å². The second-order valence-corrected chi connectivity index (χ2v) is 10.3. The van der Waals surface area contributed by atoms with Gasteiger partial charge >= 0.3 is 0 Å². The van der Waals surface area contributed by atoms with E-state index in [9.17, 15) is 9.59 Å². The van der Waals surface area contributed by atoms with Crippen LogP contribution in [0, 0.1) is 0 Å². The maximum Gasteiger partial charge on any atom is 0.258 e. The van der Waals surface area contributed by atoms with E-state index < -0.39 is 6.10 Å². The van der Waals surface area contributed by atoms with E-state index in [0.29, 0.717) is 41.7 Å². The molecule has 1 fully saturated rings. The second-order valence-electron chi connectivity index (χ2n) is 9.39. The molecule has 2 atom stereocenters. The highest BCUT2D eigenvalue weighted by Gasteiger charge is 2.38. The van der Waals surface area contributed by atoms with Crippen LogP contribution >= 0.6 is 11.3 Å². The zero-order valence-corrected chi connectivity index (χ0v) is 22.7. The van der Waals surface area contributed by atoms with Gasteiger partial charge in [-0.3, -0.25) is 9.59 Å². The van der Waals surface area contributed by atoms with E-state index in [2.05, 4.69) is 25.5 Å². The molecular formula is C28H27N5O6S. The Labute approximate surface area is 234 Å². The van der Waals surface area contributed by atoms with Crippen molar-refractivity contribution < 1.29 is 28.5 Å². The lowest BCUT2D eigenvalue weighted by atomic mass is 10.1. The first kappa shape index (κ1) is 25.7. The molecule has 4 bridgehead atoms. The minimum atomic E-state index is -0.418. The van der Waals surface area contributed by atoms with Gasteiger partial charge in [0.15, 0.2) is 29.6 Å². The Kier molecular flexibility index (Phi) is 6.99. The number of hydrogen-bond acceptors (Lipinski definition) is 10. The van der Waals surface area contributed by atoms with Gasteiger partial charge < -0.3 is 34.5 Å². The Bertz CT molecular complexity index is 1580. The smallest absolute Gasteiger partial charge is 0.258 e. The second kappa shape index (κ2) is 10.9.